The summed E-state index contributed by atoms with van der Waals surface area (Å²) in [6, 6.07) is 8.12. The Labute approximate surface area is 133 Å². The number of aliphatic hydroxyl groups excluding tert-OH is 1. The summed E-state index contributed by atoms with van der Waals surface area (Å²) in [5.41, 5.74) is 2.23. The molecule has 1 aromatic carbocycles. The molecule has 2 atom stereocenters. The molecule has 0 bridgehead atoms. The molecule has 1 aromatic rings. The molecule has 1 aliphatic rings. The third-order valence-corrected chi connectivity index (χ3v) is 4.36. The third kappa shape index (κ3) is 3.80. The van der Waals surface area contributed by atoms with Gasteiger partial charge in [0.05, 0.1) is 18.7 Å². The minimum atomic E-state index is -0.0854. The van der Waals surface area contributed by atoms with Crippen LogP contribution in [0.5, 0.6) is 0 Å². The van der Waals surface area contributed by atoms with E-state index >= 15 is 0 Å². The first-order chi connectivity index (χ1) is 10.3. The standard InChI is InChI=1S/C18H28N2O2/c1-13-7-5-8-14(11-13)16(18(2,3)4)19-17(22)20-10-6-9-15(20)12-21/h5,7-8,11,15-16,21H,6,9-10,12H2,1-4H3,(H,19,22)/t15-,16?/m0/s1. The number of hydrogen-bond donors (Lipinski definition) is 2. The summed E-state index contributed by atoms with van der Waals surface area (Å²) in [6.07, 6.45) is 1.85. The Balaban J connectivity index is 2.19. The smallest absolute Gasteiger partial charge is 0.318 e. The summed E-state index contributed by atoms with van der Waals surface area (Å²) >= 11 is 0. The molecule has 2 rings (SSSR count). The molecule has 22 heavy (non-hydrogen) atoms. The molecule has 1 fully saturated rings. The van der Waals surface area contributed by atoms with Crippen molar-refractivity contribution in [3.05, 3.63) is 35.4 Å². The number of urea groups is 1. The second-order valence-electron chi connectivity index (χ2n) is 7.33. The number of benzene rings is 1. The topological polar surface area (TPSA) is 52.6 Å². The molecule has 0 saturated carbocycles. The summed E-state index contributed by atoms with van der Waals surface area (Å²) < 4.78 is 0. The lowest BCUT2D eigenvalue weighted by molar-refractivity contribution is 0.147. The predicted octanol–water partition coefficient (Wildman–Crippen LogP) is 3.25. The Morgan fingerprint density at radius 3 is 2.77 bits per heavy atom. The minimum absolute atomic E-state index is 0.0397. The van der Waals surface area contributed by atoms with Gasteiger partial charge in [-0.05, 0) is 30.7 Å². The highest BCUT2D eigenvalue weighted by Crippen LogP contribution is 2.33. The van der Waals surface area contributed by atoms with Gasteiger partial charge in [-0.25, -0.2) is 4.79 Å². The van der Waals surface area contributed by atoms with E-state index in [1.54, 1.807) is 4.90 Å². The fourth-order valence-corrected chi connectivity index (χ4v) is 3.15. The Bertz CT molecular complexity index is 522. The molecule has 0 aromatic heterocycles. The highest BCUT2D eigenvalue weighted by atomic mass is 16.3. The quantitative estimate of drug-likeness (QED) is 0.900. The normalized spacial score (nSPS) is 20.0. The van der Waals surface area contributed by atoms with Crippen LogP contribution in [0.4, 0.5) is 4.79 Å². The third-order valence-electron chi connectivity index (χ3n) is 4.36. The van der Waals surface area contributed by atoms with E-state index in [1.807, 2.05) is 6.07 Å². The van der Waals surface area contributed by atoms with Crippen molar-refractivity contribution >= 4 is 6.03 Å². The van der Waals surface area contributed by atoms with Gasteiger partial charge in [-0.2, -0.15) is 0 Å². The second-order valence-corrected chi connectivity index (χ2v) is 7.33. The molecular formula is C18H28N2O2. The zero-order valence-electron chi connectivity index (χ0n) is 14.1. The number of likely N-dealkylation sites (tertiary alicyclic amines) is 1. The fraction of sp³-hybridized carbons (Fsp3) is 0.611. The maximum atomic E-state index is 12.6. The van der Waals surface area contributed by atoms with Crippen LogP contribution in [-0.4, -0.2) is 35.2 Å². The van der Waals surface area contributed by atoms with Gasteiger partial charge in [0.15, 0.2) is 0 Å². The molecular weight excluding hydrogens is 276 g/mol. The number of carbonyl (C=O) groups is 1. The van der Waals surface area contributed by atoms with E-state index in [4.69, 9.17) is 0 Å². The van der Waals surface area contributed by atoms with Crippen LogP contribution in [0.1, 0.15) is 50.8 Å². The largest absolute Gasteiger partial charge is 0.394 e. The fourth-order valence-electron chi connectivity index (χ4n) is 3.15. The number of rotatable bonds is 3. The van der Waals surface area contributed by atoms with Gasteiger partial charge in [-0.1, -0.05) is 50.6 Å². The van der Waals surface area contributed by atoms with Gasteiger partial charge in [0.1, 0.15) is 0 Å². The molecule has 0 aliphatic carbocycles. The number of hydrogen-bond acceptors (Lipinski definition) is 2. The van der Waals surface area contributed by atoms with Gasteiger partial charge < -0.3 is 15.3 Å². The SMILES string of the molecule is Cc1cccc(C(NC(=O)N2CCC[C@H]2CO)C(C)(C)C)c1. The lowest BCUT2D eigenvalue weighted by atomic mass is 9.82. The van der Waals surface area contributed by atoms with Crippen molar-refractivity contribution < 1.29 is 9.90 Å². The zero-order valence-corrected chi connectivity index (χ0v) is 14.1. The van der Waals surface area contributed by atoms with Crippen molar-refractivity contribution in [1.29, 1.82) is 0 Å². The molecule has 2 N–H and O–H groups in total. The highest BCUT2D eigenvalue weighted by molar-refractivity contribution is 5.75. The van der Waals surface area contributed by atoms with Gasteiger partial charge in [-0.15, -0.1) is 0 Å². The monoisotopic (exact) mass is 304 g/mol. The first kappa shape index (κ1) is 16.8. The molecule has 1 heterocycles. The Kier molecular flexibility index (Phi) is 5.12. The van der Waals surface area contributed by atoms with Gasteiger partial charge in [0.2, 0.25) is 0 Å². The summed E-state index contributed by atoms with van der Waals surface area (Å²) in [5, 5.41) is 12.6. The van der Waals surface area contributed by atoms with Crippen LogP contribution in [0.3, 0.4) is 0 Å². The average molecular weight is 304 g/mol. The molecule has 4 nitrogen and oxygen atoms in total. The Hall–Kier alpha value is -1.55. The van der Waals surface area contributed by atoms with E-state index in [-0.39, 0.29) is 30.1 Å². The van der Waals surface area contributed by atoms with Crippen LogP contribution in [0.15, 0.2) is 24.3 Å². The maximum Gasteiger partial charge on any atom is 0.318 e. The van der Waals surface area contributed by atoms with Crippen molar-refractivity contribution in [3.63, 3.8) is 0 Å². The van der Waals surface area contributed by atoms with Crippen molar-refractivity contribution in [3.8, 4) is 0 Å². The number of aryl methyl sites for hydroxylation is 1. The summed E-state index contributed by atoms with van der Waals surface area (Å²) in [6.45, 7) is 9.22. The van der Waals surface area contributed by atoms with Crippen molar-refractivity contribution in [1.82, 2.24) is 10.2 Å². The van der Waals surface area contributed by atoms with E-state index in [0.717, 1.165) is 24.9 Å². The maximum absolute atomic E-state index is 12.6. The first-order valence-corrected chi connectivity index (χ1v) is 8.07. The van der Waals surface area contributed by atoms with Crippen LogP contribution >= 0.6 is 0 Å². The van der Waals surface area contributed by atoms with E-state index in [2.05, 4.69) is 51.2 Å². The second kappa shape index (κ2) is 6.69. The lowest BCUT2D eigenvalue weighted by Gasteiger charge is -2.34. The van der Waals surface area contributed by atoms with E-state index in [1.165, 1.54) is 5.56 Å². The number of carbonyl (C=O) groups excluding carboxylic acids is 1. The average Bonchev–Trinajstić information content (AvgIpc) is 2.91. The molecule has 1 aliphatic heterocycles. The summed E-state index contributed by atoms with van der Waals surface area (Å²) in [4.78, 5) is 14.4. The molecule has 0 spiro atoms. The van der Waals surface area contributed by atoms with E-state index in [0.29, 0.717) is 0 Å². The highest BCUT2D eigenvalue weighted by Gasteiger charge is 2.33. The predicted molar refractivity (Wildman–Crippen MR) is 88.7 cm³/mol. The molecule has 122 valence electrons. The van der Waals surface area contributed by atoms with Gasteiger partial charge in [0.25, 0.3) is 0 Å². The van der Waals surface area contributed by atoms with Crippen LogP contribution in [0.2, 0.25) is 0 Å². The number of nitrogens with zero attached hydrogens (tertiary/aromatic N) is 1. The van der Waals surface area contributed by atoms with Gasteiger partial charge in [-0.3, -0.25) is 0 Å². The van der Waals surface area contributed by atoms with E-state index in [9.17, 15) is 9.90 Å². The van der Waals surface area contributed by atoms with Gasteiger partial charge >= 0.3 is 6.03 Å². The minimum Gasteiger partial charge on any atom is -0.394 e. The van der Waals surface area contributed by atoms with Crippen LogP contribution < -0.4 is 5.32 Å². The van der Waals surface area contributed by atoms with E-state index < -0.39 is 0 Å². The molecule has 2 amide bonds. The number of amides is 2. The Morgan fingerprint density at radius 1 is 1.45 bits per heavy atom. The summed E-state index contributed by atoms with van der Waals surface area (Å²) in [7, 11) is 0. The molecule has 1 unspecified atom stereocenters. The molecule has 4 heteroatoms. The summed E-state index contributed by atoms with van der Waals surface area (Å²) in [5.74, 6) is 0. The van der Waals surface area contributed by atoms with Crippen molar-refractivity contribution in [2.75, 3.05) is 13.2 Å². The number of aliphatic hydroxyl groups is 1. The first-order valence-electron chi connectivity index (χ1n) is 8.07. The Morgan fingerprint density at radius 2 is 2.18 bits per heavy atom. The zero-order chi connectivity index (χ0) is 16.3. The molecule has 1 saturated heterocycles. The van der Waals surface area contributed by atoms with Crippen molar-refractivity contribution in [2.24, 2.45) is 5.41 Å². The van der Waals surface area contributed by atoms with Gasteiger partial charge in [0, 0.05) is 6.54 Å². The van der Waals surface area contributed by atoms with Crippen LogP contribution in [0, 0.1) is 12.3 Å². The van der Waals surface area contributed by atoms with Crippen LogP contribution in [0.25, 0.3) is 0 Å². The van der Waals surface area contributed by atoms with Crippen molar-refractivity contribution in [2.45, 2.75) is 52.6 Å². The number of nitrogens with one attached hydrogen (secondary N) is 1. The van der Waals surface area contributed by atoms with Crippen LogP contribution in [-0.2, 0) is 0 Å². The lowest BCUT2D eigenvalue weighted by Crippen LogP contribution is -2.47. The molecule has 0 radical (unpaired) electrons.